The van der Waals surface area contributed by atoms with Crippen LogP contribution < -0.4 is 0 Å². The summed E-state index contributed by atoms with van der Waals surface area (Å²) in [5.74, 6) is 3.57. The fourth-order valence-electron chi connectivity index (χ4n) is 0.624. The van der Waals surface area contributed by atoms with E-state index in [1.54, 1.807) is 24.5 Å². The smallest absolute Gasteiger partial charge is 0.0298 e. The molecular formula is C9H14OS. The molecule has 0 saturated heterocycles. The number of hydrogen-bond acceptors (Lipinski definition) is 1. The van der Waals surface area contributed by atoms with Gasteiger partial charge in [-0.25, -0.2) is 0 Å². The summed E-state index contributed by atoms with van der Waals surface area (Å²) in [4.78, 5) is 0.731. The molecule has 0 spiro atoms. The third-order valence-electron chi connectivity index (χ3n) is 1.11. The van der Waals surface area contributed by atoms with E-state index in [1.165, 1.54) is 0 Å². The van der Waals surface area contributed by atoms with E-state index < -0.39 is 9.52 Å². The van der Waals surface area contributed by atoms with E-state index in [-0.39, 0.29) is 0 Å². The van der Waals surface area contributed by atoms with Crippen molar-refractivity contribution in [1.82, 2.24) is 0 Å². The summed E-state index contributed by atoms with van der Waals surface area (Å²) >= 11 is 0. The lowest BCUT2D eigenvalue weighted by Crippen LogP contribution is -1.97. The molecule has 0 heterocycles. The number of hydrogen-bond donors (Lipinski definition) is 0. The van der Waals surface area contributed by atoms with Gasteiger partial charge in [0.15, 0.2) is 0 Å². The van der Waals surface area contributed by atoms with E-state index in [9.17, 15) is 4.21 Å². The molecule has 0 bridgehead atoms. The zero-order valence-corrected chi connectivity index (χ0v) is 7.86. The highest BCUT2D eigenvalue weighted by Crippen LogP contribution is 2.05. The molecule has 0 aromatic heterocycles. The zero-order chi connectivity index (χ0) is 8.91. The summed E-state index contributed by atoms with van der Waals surface area (Å²) in [5, 5.41) is 0. The molecule has 0 aliphatic heterocycles. The van der Waals surface area contributed by atoms with Crippen molar-refractivity contribution >= 4 is 15.4 Å². The van der Waals surface area contributed by atoms with Crippen molar-refractivity contribution in [2.24, 2.45) is 0 Å². The third-order valence-corrected chi connectivity index (χ3v) is 2.38. The van der Waals surface area contributed by atoms with Gasteiger partial charge in [0.1, 0.15) is 0 Å². The second kappa shape index (κ2) is 4.19. The fraction of sp³-hybridized carbons (Fsp3) is 0.222. The van der Waals surface area contributed by atoms with Crippen LogP contribution in [-0.2, 0) is 9.52 Å². The van der Waals surface area contributed by atoms with E-state index in [0.29, 0.717) is 0 Å². The molecule has 1 nitrogen and oxygen atoms in total. The molecule has 1 unspecified atom stereocenters. The minimum Gasteiger partial charge on any atom is -0.263 e. The molecule has 11 heavy (non-hydrogen) atoms. The van der Waals surface area contributed by atoms with Gasteiger partial charge in [0, 0.05) is 11.2 Å². The molecule has 0 N–H and O–H groups in total. The molecule has 0 aromatic carbocycles. The highest BCUT2D eigenvalue weighted by atomic mass is 32.2. The Morgan fingerprint density at radius 3 is 2.36 bits per heavy atom. The van der Waals surface area contributed by atoms with Gasteiger partial charge >= 0.3 is 0 Å². The molecule has 62 valence electrons. The van der Waals surface area contributed by atoms with Gasteiger partial charge in [-0.3, -0.25) is 4.21 Å². The second-order valence-electron chi connectivity index (χ2n) is 2.31. The summed E-state index contributed by atoms with van der Waals surface area (Å²) in [6, 6.07) is 0. The van der Waals surface area contributed by atoms with E-state index >= 15 is 0 Å². The lowest BCUT2D eigenvalue weighted by Gasteiger charge is -2.00. The van der Waals surface area contributed by atoms with Crippen LogP contribution in [0.25, 0.3) is 0 Å². The Hall–Kier alpha value is -0.760. The minimum atomic E-state index is -2.09. The molecule has 0 aromatic rings. The summed E-state index contributed by atoms with van der Waals surface area (Å²) < 4.78 is 11.4. The molecule has 0 saturated carbocycles. The third kappa shape index (κ3) is 3.83. The van der Waals surface area contributed by atoms with Gasteiger partial charge in [0.2, 0.25) is 0 Å². The van der Waals surface area contributed by atoms with Crippen LogP contribution in [0, 0.1) is 0 Å². The highest BCUT2D eigenvalue weighted by molar-refractivity contribution is 8.03. The molecule has 0 amide bonds. The van der Waals surface area contributed by atoms with Gasteiger partial charge in [0.25, 0.3) is 0 Å². The van der Waals surface area contributed by atoms with Crippen LogP contribution in [0.5, 0.6) is 0 Å². The van der Waals surface area contributed by atoms with Gasteiger partial charge in [-0.2, -0.15) is 0 Å². The molecule has 0 aliphatic rings. The van der Waals surface area contributed by atoms with Crippen molar-refractivity contribution in [2.45, 2.75) is 6.92 Å². The second-order valence-corrected chi connectivity index (χ2v) is 4.79. The quantitative estimate of drug-likeness (QED) is 0.467. The Labute approximate surface area is 69.1 Å². The first-order valence-corrected chi connectivity index (χ1v) is 5.43. The van der Waals surface area contributed by atoms with Crippen LogP contribution in [0.2, 0.25) is 0 Å². The van der Waals surface area contributed by atoms with E-state index in [1.807, 2.05) is 13.0 Å². The first kappa shape index (κ1) is 10.2. The largest absolute Gasteiger partial charge is 0.263 e. The topological polar surface area (TPSA) is 17.1 Å². The summed E-state index contributed by atoms with van der Waals surface area (Å²) in [6.07, 6.45) is 8.57. The Balaban J connectivity index is 4.93. The van der Waals surface area contributed by atoms with Crippen molar-refractivity contribution in [1.29, 1.82) is 0 Å². The maximum Gasteiger partial charge on any atom is 0.0298 e. The average molecular weight is 170 g/mol. The number of allylic oxidation sites excluding steroid dienone is 4. The Kier molecular flexibility index (Phi) is 3.90. The highest BCUT2D eigenvalue weighted by Gasteiger charge is 1.97. The van der Waals surface area contributed by atoms with Crippen LogP contribution in [0.4, 0.5) is 0 Å². The predicted octanol–water partition coefficient (Wildman–Crippen LogP) is 1.98. The van der Waals surface area contributed by atoms with Crippen molar-refractivity contribution in [3.8, 4) is 0 Å². The Morgan fingerprint density at radius 1 is 1.55 bits per heavy atom. The summed E-state index contributed by atoms with van der Waals surface area (Å²) in [6.45, 7) is 5.41. The van der Waals surface area contributed by atoms with Crippen molar-refractivity contribution in [3.05, 3.63) is 35.8 Å². The monoisotopic (exact) mass is 170 g/mol. The van der Waals surface area contributed by atoms with Gasteiger partial charge < -0.3 is 0 Å². The lowest BCUT2D eigenvalue weighted by atomic mass is 10.4. The van der Waals surface area contributed by atoms with Crippen LogP contribution in [0.1, 0.15) is 6.92 Å². The zero-order valence-electron chi connectivity index (χ0n) is 7.04. The minimum absolute atomic E-state index is 0.731. The standard InChI is InChI=1S/C9H14OS/c1-5-7-9(8-6-2)11(3,4)10/h5-8H,1,3H2,2,4H3/b8-6-,9-7+. The van der Waals surface area contributed by atoms with Crippen LogP contribution >= 0.6 is 0 Å². The van der Waals surface area contributed by atoms with Crippen molar-refractivity contribution in [2.75, 3.05) is 6.26 Å². The molecule has 0 aliphatic carbocycles. The maximum absolute atomic E-state index is 11.4. The number of rotatable bonds is 3. The predicted molar refractivity (Wildman–Crippen MR) is 54.3 cm³/mol. The Morgan fingerprint density at radius 2 is 2.09 bits per heavy atom. The maximum atomic E-state index is 11.4. The molecule has 0 radical (unpaired) electrons. The van der Waals surface area contributed by atoms with Gasteiger partial charge in [0.05, 0.1) is 0 Å². The van der Waals surface area contributed by atoms with E-state index in [4.69, 9.17) is 0 Å². The summed E-state index contributed by atoms with van der Waals surface area (Å²) in [5.41, 5.74) is 0. The van der Waals surface area contributed by atoms with Gasteiger partial charge in [-0.05, 0) is 28.4 Å². The van der Waals surface area contributed by atoms with Crippen LogP contribution in [0.3, 0.4) is 0 Å². The average Bonchev–Trinajstić information content (AvgIpc) is 1.85. The SMILES string of the molecule is C=C/C=C(\C=C/C)S(=C)(C)=O. The van der Waals surface area contributed by atoms with Crippen LogP contribution in [0.15, 0.2) is 35.8 Å². The normalized spacial score (nSPS) is 18.2. The molecule has 2 heteroatoms. The molecular weight excluding hydrogens is 156 g/mol. The van der Waals surface area contributed by atoms with E-state index in [0.717, 1.165) is 4.91 Å². The molecule has 1 atom stereocenters. The fourth-order valence-corrected chi connectivity index (χ4v) is 1.43. The van der Waals surface area contributed by atoms with Crippen LogP contribution in [-0.4, -0.2) is 16.3 Å². The molecule has 0 fully saturated rings. The lowest BCUT2D eigenvalue weighted by molar-refractivity contribution is 0.689. The first-order chi connectivity index (χ1) is 5.02. The Bertz CT molecular complexity index is 279. The summed E-state index contributed by atoms with van der Waals surface area (Å²) in [7, 11) is -2.09. The van der Waals surface area contributed by atoms with Gasteiger partial charge in [-0.1, -0.05) is 24.8 Å². The van der Waals surface area contributed by atoms with E-state index in [2.05, 4.69) is 12.4 Å². The van der Waals surface area contributed by atoms with Crippen molar-refractivity contribution in [3.63, 3.8) is 0 Å². The first-order valence-electron chi connectivity index (χ1n) is 3.30. The van der Waals surface area contributed by atoms with Crippen molar-refractivity contribution < 1.29 is 4.21 Å². The molecule has 0 rings (SSSR count). The van der Waals surface area contributed by atoms with Gasteiger partial charge in [-0.15, -0.1) is 0 Å².